The highest BCUT2D eigenvalue weighted by Gasteiger charge is 2.26. The van der Waals surface area contributed by atoms with Crippen molar-refractivity contribution in [1.82, 2.24) is 10.6 Å². The van der Waals surface area contributed by atoms with Crippen molar-refractivity contribution in [3.8, 4) is 0 Å². The number of aliphatic hydroxyl groups is 1. The van der Waals surface area contributed by atoms with Gasteiger partial charge in [0.15, 0.2) is 0 Å². The van der Waals surface area contributed by atoms with Gasteiger partial charge in [0.05, 0.1) is 0 Å². The Morgan fingerprint density at radius 2 is 1.65 bits per heavy atom. The first-order valence-corrected chi connectivity index (χ1v) is 8.34. The largest absolute Gasteiger partial charge is 0.396 e. The van der Waals surface area contributed by atoms with E-state index in [1.54, 1.807) is 24.3 Å². The average molecular weight is 318 g/mol. The summed E-state index contributed by atoms with van der Waals surface area (Å²) >= 11 is 0. The van der Waals surface area contributed by atoms with Gasteiger partial charge in [0.25, 0.3) is 11.8 Å². The molecule has 1 aromatic rings. The molecule has 0 aliphatic heterocycles. The minimum Gasteiger partial charge on any atom is -0.396 e. The van der Waals surface area contributed by atoms with Crippen molar-refractivity contribution in [3.63, 3.8) is 0 Å². The van der Waals surface area contributed by atoms with Gasteiger partial charge in [0, 0.05) is 35.7 Å². The second-order valence-corrected chi connectivity index (χ2v) is 6.51. The van der Waals surface area contributed by atoms with Gasteiger partial charge < -0.3 is 15.7 Å². The van der Waals surface area contributed by atoms with E-state index in [1.165, 1.54) is 0 Å². The van der Waals surface area contributed by atoms with Crippen LogP contribution >= 0.6 is 0 Å². The topological polar surface area (TPSA) is 78.4 Å². The molecule has 1 aliphatic rings. The van der Waals surface area contributed by atoms with Gasteiger partial charge in [-0.3, -0.25) is 9.59 Å². The molecule has 1 fully saturated rings. The Balaban J connectivity index is 1.98. The van der Waals surface area contributed by atoms with Crippen LogP contribution in [0.3, 0.4) is 0 Å². The summed E-state index contributed by atoms with van der Waals surface area (Å²) < 4.78 is 0. The molecule has 0 spiro atoms. The summed E-state index contributed by atoms with van der Waals surface area (Å²) in [5.41, 5.74) is 1.08. The zero-order valence-electron chi connectivity index (χ0n) is 13.8. The van der Waals surface area contributed by atoms with Gasteiger partial charge in [-0.15, -0.1) is 0 Å². The van der Waals surface area contributed by atoms with Gasteiger partial charge in [-0.05, 0) is 51.0 Å². The van der Waals surface area contributed by atoms with Gasteiger partial charge in [0.1, 0.15) is 0 Å². The maximum absolute atomic E-state index is 12.3. The van der Waals surface area contributed by atoms with Crippen molar-refractivity contribution in [2.45, 2.75) is 51.6 Å². The first-order valence-electron chi connectivity index (χ1n) is 8.34. The number of rotatable bonds is 5. The highest BCUT2D eigenvalue weighted by atomic mass is 16.3. The van der Waals surface area contributed by atoms with E-state index >= 15 is 0 Å². The smallest absolute Gasteiger partial charge is 0.251 e. The van der Waals surface area contributed by atoms with Crippen LogP contribution in [0.5, 0.6) is 0 Å². The molecule has 1 aromatic carbocycles. The van der Waals surface area contributed by atoms with Crippen molar-refractivity contribution in [3.05, 3.63) is 35.4 Å². The van der Waals surface area contributed by atoms with Gasteiger partial charge in [-0.25, -0.2) is 0 Å². The van der Waals surface area contributed by atoms with Crippen LogP contribution in [0.25, 0.3) is 0 Å². The molecule has 0 heterocycles. The van der Waals surface area contributed by atoms with E-state index in [4.69, 9.17) is 0 Å². The quantitative estimate of drug-likeness (QED) is 0.778. The first kappa shape index (κ1) is 17.5. The molecule has 0 bridgehead atoms. The molecule has 23 heavy (non-hydrogen) atoms. The van der Waals surface area contributed by atoms with Crippen molar-refractivity contribution in [2.24, 2.45) is 5.92 Å². The second kappa shape index (κ2) is 8.11. The third-order valence-corrected chi connectivity index (χ3v) is 4.29. The second-order valence-electron chi connectivity index (χ2n) is 6.51. The molecule has 2 atom stereocenters. The molecule has 0 radical (unpaired) electrons. The van der Waals surface area contributed by atoms with Crippen LogP contribution < -0.4 is 10.6 Å². The number of hydrogen-bond donors (Lipinski definition) is 3. The van der Waals surface area contributed by atoms with Crippen LogP contribution in [0.2, 0.25) is 0 Å². The van der Waals surface area contributed by atoms with Gasteiger partial charge in [0.2, 0.25) is 0 Å². The standard InChI is InChI=1S/C18H26N2O3/c1-12(2)19-17(22)13-7-9-14(10-8-13)18(23)20-16-6-4-3-5-15(16)11-21/h7-10,12,15-16,21H,3-6,11H2,1-2H3,(H,19,22)(H,20,23). The number of hydrogen-bond acceptors (Lipinski definition) is 3. The van der Waals surface area contributed by atoms with E-state index in [0.29, 0.717) is 11.1 Å². The van der Waals surface area contributed by atoms with E-state index in [9.17, 15) is 14.7 Å². The lowest BCUT2D eigenvalue weighted by molar-refractivity contribution is 0.0870. The van der Waals surface area contributed by atoms with Gasteiger partial charge >= 0.3 is 0 Å². The van der Waals surface area contributed by atoms with Gasteiger partial charge in [-0.2, -0.15) is 0 Å². The maximum atomic E-state index is 12.3. The van der Waals surface area contributed by atoms with Crippen LogP contribution in [0.15, 0.2) is 24.3 Å². The summed E-state index contributed by atoms with van der Waals surface area (Å²) in [6.45, 7) is 3.92. The van der Waals surface area contributed by atoms with Crippen LogP contribution in [0.4, 0.5) is 0 Å². The number of carbonyl (C=O) groups is 2. The molecule has 0 aromatic heterocycles. The fourth-order valence-corrected chi connectivity index (χ4v) is 2.99. The first-order chi connectivity index (χ1) is 11.0. The SMILES string of the molecule is CC(C)NC(=O)c1ccc(C(=O)NC2CCCCC2CO)cc1. The lowest BCUT2D eigenvalue weighted by Crippen LogP contribution is -2.43. The van der Waals surface area contributed by atoms with Crippen LogP contribution in [0, 0.1) is 5.92 Å². The third-order valence-electron chi connectivity index (χ3n) is 4.29. The van der Waals surface area contributed by atoms with Crippen LogP contribution in [0.1, 0.15) is 60.2 Å². The minimum atomic E-state index is -0.147. The van der Waals surface area contributed by atoms with E-state index in [1.807, 2.05) is 13.8 Å². The molecule has 2 amide bonds. The average Bonchev–Trinajstić information content (AvgIpc) is 2.55. The van der Waals surface area contributed by atoms with Crippen molar-refractivity contribution in [1.29, 1.82) is 0 Å². The molecule has 5 nitrogen and oxygen atoms in total. The summed E-state index contributed by atoms with van der Waals surface area (Å²) in [6, 6.07) is 6.77. The maximum Gasteiger partial charge on any atom is 0.251 e. The normalized spacial score (nSPS) is 21.0. The Morgan fingerprint density at radius 3 is 2.22 bits per heavy atom. The Kier molecular flexibility index (Phi) is 6.16. The highest BCUT2D eigenvalue weighted by molar-refractivity contribution is 5.98. The molecular weight excluding hydrogens is 292 g/mol. The Bertz CT molecular complexity index is 540. The Morgan fingerprint density at radius 1 is 1.09 bits per heavy atom. The zero-order chi connectivity index (χ0) is 16.8. The Labute approximate surface area is 137 Å². The van der Waals surface area contributed by atoms with Crippen molar-refractivity contribution >= 4 is 11.8 Å². The molecule has 0 saturated heterocycles. The van der Waals surface area contributed by atoms with Crippen molar-refractivity contribution < 1.29 is 14.7 Å². The lowest BCUT2D eigenvalue weighted by Gasteiger charge is -2.30. The summed E-state index contributed by atoms with van der Waals surface area (Å²) in [5.74, 6) is -0.144. The molecular formula is C18H26N2O3. The monoisotopic (exact) mass is 318 g/mol. The number of benzene rings is 1. The number of carbonyl (C=O) groups excluding carboxylic acids is 2. The molecule has 2 unspecified atom stereocenters. The van der Waals surface area contributed by atoms with E-state index < -0.39 is 0 Å². The number of aliphatic hydroxyl groups excluding tert-OH is 1. The summed E-state index contributed by atoms with van der Waals surface area (Å²) in [4.78, 5) is 24.2. The summed E-state index contributed by atoms with van der Waals surface area (Å²) in [6.07, 6.45) is 4.05. The minimum absolute atomic E-state index is 0.0326. The fraction of sp³-hybridized carbons (Fsp3) is 0.556. The molecule has 1 aliphatic carbocycles. The molecule has 126 valence electrons. The lowest BCUT2D eigenvalue weighted by atomic mass is 9.85. The number of nitrogens with one attached hydrogen (secondary N) is 2. The third kappa shape index (κ3) is 4.79. The summed E-state index contributed by atoms with van der Waals surface area (Å²) in [5, 5.41) is 15.3. The predicted molar refractivity (Wildman–Crippen MR) is 89.3 cm³/mol. The summed E-state index contributed by atoms with van der Waals surface area (Å²) in [7, 11) is 0. The van der Waals surface area contributed by atoms with Crippen LogP contribution in [-0.2, 0) is 0 Å². The Hall–Kier alpha value is -1.88. The predicted octanol–water partition coefficient (Wildman–Crippen LogP) is 2.11. The molecule has 3 N–H and O–H groups in total. The van der Waals surface area contributed by atoms with E-state index in [-0.39, 0.29) is 36.4 Å². The van der Waals surface area contributed by atoms with E-state index in [0.717, 1.165) is 25.7 Å². The van der Waals surface area contributed by atoms with Crippen molar-refractivity contribution in [2.75, 3.05) is 6.61 Å². The van der Waals surface area contributed by atoms with Crippen LogP contribution in [-0.4, -0.2) is 35.6 Å². The molecule has 5 heteroatoms. The molecule has 2 rings (SSSR count). The number of amides is 2. The molecule has 1 saturated carbocycles. The zero-order valence-corrected chi connectivity index (χ0v) is 13.8. The van der Waals surface area contributed by atoms with Gasteiger partial charge in [-0.1, -0.05) is 12.8 Å². The fourth-order valence-electron chi connectivity index (χ4n) is 2.99. The van der Waals surface area contributed by atoms with E-state index in [2.05, 4.69) is 10.6 Å². The highest BCUT2D eigenvalue weighted by Crippen LogP contribution is 2.24.